The summed E-state index contributed by atoms with van der Waals surface area (Å²) in [5, 5.41) is 0. The van der Waals surface area contributed by atoms with E-state index in [4.69, 9.17) is 0 Å². The van der Waals surface area contributed by atoms with Crippen molar-refractivity contribution in [2.75, 3.05) is 0 Å². The van der Waals surface area contributed by atoms with E-state index >= 15 is 0 Å². The van der Waals surface area contributed by atoms with Gasteiger partial charge in [0.1, 0.15) is 5.82 Å². The van der Waals surface area contributed by atoms with Crippen LogP contribution >= 0.6 is 22.6 Å². The van der Waals surface area contributed by atoms with Gasteiger partial charge in [0.2, 0.25) is 0 Å². The molecule has 0 spiro atoms. The monoisotopic (exact) mass is 358 g/mol. The van der Waals surface area contributed by atoms with Gasteiger partial charge >= 0.3 is 0 Å². The van der Waals surface area contributed by atoms with Gasteiger partial charge in [0, 0.05) is 9.13 Å². The number of carbonyl (C=O) groups is 1. The molecule has 0 radical (unpaired) electrons. The Kier molecular flexibility index (Phi) is 4.92. The van der Waals surface area contributed by atoms with Crippen LogP contribution in [-0.2, 0) is 0 Å². The Morgan fingerprint density at radius 1 is 1.17 bits per heavy atom. The van der Waals surface area contributed by atoms with Crippen LogP contribution in [0.25, 0.3) is 0 Å². The number of rotatable bonds is 2. The van der Waals surface area contributed by atoms with Crippen molar-refractivity contribution in [3.8, 4) is 0 Å². The molecule has 0 unspecified atom stereocenters. The molecule has 0 saturated carbocycles. The fourth-order valence-electron chi connectivity index (χ4n) is 2.24. The molecule has 18 heavy (non-hydrogen) atoms. The molecule has 0 bridgehead atoms. The maximum absolute atomic E-state index is 13.0. The Hall–Kier alpha value is -0.710. The van der Waals surface area contributed by atoms with E-state index in [9.17, 15) is 9.18 Å². The van der Waals surface area contributed by atoms with Gasteiger partial charge in [0.15, 0.2) is 5.78 Å². The molecule has 1 nitrogen and oxygen atoms in total. The molecule has 0 atom stereocenters. The van der Waals surface area contributed by atoms with Gasteiger partial charge in [-0.05, 0) is 72.0 Å². The van der Waals surface area contributed by atoms with Crippen molar-refractivity contribution in [1.82, 2.24) is 0 Å². The average molecular weight is 358 g/mol. The number of hydrogen-bond donors (Lipinski definition) is 0. The molecule has 0 saturated heterocycles. The summed E-state index contributed by atoms with van der Waals surface area (Å²) >= 11 is 2.03. The van der Waals surface area contributed by atoms with E-state index < -0.39 is 0 Å². The second-order valence-corrected chi connectivity index (χ2v) is 5.80. The van der Waals surface area contributed by atoms with Crippen LogP contribution < -0.4 is 0 Å². The lowest BCUT2D eigenvalue weighted by atomic mass is 9.94. The van der Waals surface area contributed by atoms with E-state index in [2.05, 4.69) is 6.08 Å². The van der Waals surface area contributed by atoms with E-state index in [-0.39, 0.29) is 11.6 Å². The third-order valence-corrected chi connectivity index (χ3v) is 4.15. The summed E-state index contributed by atoms with van der Waals surface area (Å²) in [5.74, 6) is -0.219. The Morgan fingerprint density at radius 2 is 1.94 bits per heavy atom. The lowest BCUT2D eigenvalue weighted by Gasteiger charge is -2.11. The van der Waals surface area contributed by atoms with E-state index in [1.165, 1.54) is 25.0 Å². The number of carbonyl (C=O) groups excluding carboxylic acids is 1. The first-order valence-electron chi connectivity index (χ1n) is 6.37. The first kappa shape index (κ1) is 13.7. The summed E-state index contributed by atoms with van der Waals surface area (Å²) < 4.78 is 13.7. The summed E-state index contributed by atoms with van der Waals surface area (Å²) in [6, 6.07) is 4.37. The number of allylic oxidation sites excluding steroid dienone is 2. The van der Waals surface area contributed by atoms with Crippen LogP contribution in [0.2, 0.25) is 0 Å². The molecular formula is C15H16FIO. The molecule has 0 aliphatic heterocycles. The van der Waals surface area contributed by atoms with Crippen molar-refractivity contribution in [3.05, 3.63) is 44.8 Å². The molecule has 96 valence electrons. The third kappa shape index (κ3) is 3.40. The predicted molar refractivity (Wildman–Crippen MR) is 79.2 cm³/mol. The summed E-state index contributed by atoms with van der Waals surface area (Å²) in [5.41, 5.74) is 1.53. The number of halogens is 2. The minimum Gasteiger partial charge on any atom is -0.289 e. The summed E-state index contributed by atoms with van der Waals surface area (Å²) in [6.07, 6.45) is 8.61. The average Bonchev–Trinajstić information content (AvgIpc) is 2.27. The topological polar surface area (TPSA) is 17.1 Å². The standard InChI is InChI=1S/C15H16FIO/c16-12-8-9-13(14(17)10-12)15(18)11-6-4-2-1-3-5-7-11/h6,8-10H,1-5,7H2/b11-6+. The Bertz CT molecular complexity index is 479. The maximum Gasteiger partial charge on any atom is 0.189 e. The van der Waals surface area contributed by atoms with Gasteiger partial charge in [-0.3, -0.25) is 4.79 Å². The minimum atomic E-state index is -0.289. The molecular weight excluding hydrogens is 342 g/mol. The second-order valence-electron chi connectivity index (χ2n) is 4.64. The van der Waals surface area contributed by atoms with Gasteiger partial charge in [-0.1, -0.05) is 18.9 Å². The molecule has 0 fully saturated rings. The number of benzene rings is 1. The van der Waals surface area contributed by atoms with Crippen LogP contribution in [0.4, 0.5) is 4.39 Å². The van der Waals surface area contributed by atoms with Crippen LogP contribution in [0.3, 0.4) is 0 Å². The third-order valence-electron chi connectivity index (χ3n) is 3.26. The highest BCUT2D eigenvalue weighted by molar-refractivity contribution is 14.1. The molecule has 1 aliphatic carbocycles. The van der Waals surface area contributed by atoms with Crippen LogP contribution in [0, 0.1) is 9.39 Å². The van der Waals surface area contributed by atoms with E-state index in [0.717, 1.165) is 31.3 Å². The Labute approximate surface area is 121 Å². The molecule has 0 amide bonds. The molecule has 0 N–H and O–H groups in total. The lowest BCUT2D eigenvalue weighted by molar-refractivity contribution is 0.102. The first-order valence-corrected chi connectivity index (χ1v) is 7.45. The number of ketones is 1. The fraction of sp³-hybridized carbons (Fsp3) is 0.400. The summed E-state index contributed by atoms with van der Waals surface area (Å²) in [4.78, 5) is 12.4. The molecule has 3 heteroatoms. The van der Waals surface area contributed by atoms with Crippen molar-refractivity contribution in [2.45, 2.75) is 38.5 Å². The van der Waals surface area contributed by atoms with E-state index in [1.54, 1.807) is 6.07 Å². The molecule has 2 rings (SSSR count). The minimum absolute atomic E-state index is 0.0706. The zero-order chi connectivity index (χ0) is 13.0. The van der Waals surface area contributed by atoms with Crippen molar-refractivity contribution in [2.24, 2.45) is 0 Å². The number of Topliss-reactive ketones (excluding diaryl/α,β-unsaturated/α-hetero) is 1. The SMILES string of the molecule is O=C(/C1=C/CCCCCC1)c1ccc(F)cc1I. The zero-order valence-electron chi connectivity index (χ0n) is 10.2. The van der Waals surface area contributed by atoms with Crippen LogP contribution in [0.1, 0.15) is 48.9 Å². The van der Waals surface area contributed by atoms with Crippen LogP contribution in [0.15, 0.2) is 29.8 Å². The summed E-state index contributed by atoms with van der Waals surface area (Å²) in [6.45, 7) is 0. The molecule has 0 aromatic heterocycles. The van der Waals surface area contributed by atoms with Crippen LogP contribution in [0.5, 0.6) is 0 Å². The van der Waals surface area contributed by atoms with Gasteiger partial charge in [0.25, 0.3) is 0 Å². The molecule has 1 aromatic carbocycles. The Morgan fingerprint density at radius 3 is 2.72 bits per heavy atom. The highest BCUT2D eigenvalue weighted by Gasteiger charge is 2.16. The fourth-order valence-corrected chi connectivity index (χ4v) is 2.97. The highest BCUT2D eigenvalue weighted by Crippen LogP contribution is 2.23. The highest BCUT2D eigenvalue weighted by atomic mass is 127. The molecule has 0 heterocycles. The quantitative estimate of drug-likeness (QED) is 0.543. The van der Waals surface area contributed by atoms with Gasteiger partial charge in [-0.15, -0.1) is 0 Å². The van der Waals surface area contributed by atoms with Crippen molar-refractivity contribution in [3.63, 3.8) is 0 Å². The normalized spacial score (nSPS) is 19.6. The summed E-state index contributed by atoms with van der Waals surface area (Å²) in [7, 11) is 0. The predicted octanol–water partition coefficient (Wildman–Crippen LogP) is 4.89. The molecule has 1 aliphatic rings. The second kappa shape index (κ2) is 6.45. The van der Waals surface area contributed by atoms with E-state index in [0.29, 0.717) is 9.13 Å². The van der Waals surface area contributed by atoms with Crippen molar-refractivity contribution < 1.29 is 9.18 Å². The maximum atomic E-state index is 13.0. The smallest absolute Gasteiger partial charge is 0.189 e. The van der Waals surface area contributed by atoms with Crippen molar-refractivity contribution in [1.29, 1.82) is 0 Å². The van der Waals surface area contributed by atoms with Gasteiger partial charge in [0.05, 0.1) is 0 Å². The van der Waals surface area contributed by atoms with Crippen molar-refractivity contribution >= 4 is 28.4 Å². The lowest BCUT2D eigenvalue weighted by Crippen LogP contribution is -2.07. The van der Waals surface area contributed by atoms with Gasteiger partial charge < -0.3 is 0 Å². The van der Waals surface area contributed by atoms with Gasteiger partial charge in [-0.2, -0.15) is 0 Å². The van der Waals surface area contributed by atoms with Crippen LogP contribution in [-0.4, -0.2) is 5.78 Å². The van der Waals surface area contributed by atoms with E-state index in [1.807, 2.05) is 22.6 Å². The zero-order valence-corrected chi connectivity index (χ0v) is 12.4. The largest absolute Gasteiger partial charge is 0.289 e. The Balaban J connectivity index is 2.23. The number of hydrogen-bond acceptors (Lipinski definition) is 1. The first-order chi connectivity index (χ1) is 8.68. The van der Waals surface area contributed by atoms with Gasteiger partial charge in [-0.25, -0.2) is 4.39 Å². The molecule has 1 aromatic rings.